The second kappa shape index (κ2) is 5.32. The van der Waals surface area contributed by atoms with Gasteiger partial charge in [-0.15, -0.1) is 0 Å². The number of nitrogens with one attached hydrogen (secondary N) is 1. The summed E-state index contributed by atoms with van der Waals surface area (Å²) in [5.41, 5.74) is 1.30. The lowest BCUT2D eigenvalue weighted by atomic mass is 10.2. The first-order valence-electron chi connectivity index (χ1n) is 5.78. The van der Waals surface area contributed by atoms with Gasteiger partial charge in [-0.25, -0.2) is 0 Å². The third-order valence-corrected chi connectivity index (χ3v) is 2.84. The molecule has 1 aromatic carbocycles. The highest BCUT2D eigenvalue weighted by Gasteiger charge is 2.21. The molecule has 92 valence electrons. The van der Waals surface area contributed by atoms with E-state index in [1.54, 1.807) is 29.2 Å². The first kappa shape index (κ1) is 12.1. The van der Waals surface area contributed by atoms with E-state index < -0.39 is 0 Å². The zero-order chi connectivity index (χ0) is 13.0. The van der Waals surface area contributed by atoms with Crippen LogP contribution >= 0.6 is 0 Å². The summed E-state index contributed by atoms with van der Waals surface area (Å²) in [5.74, 6) is -0.160. The van der Waals surface area contributed by atoms with Crippen LogP contribution in [-0.4, -0.2) is 24.9 Å². The molecular formula is C13H13N3O2. The molecule has 0 atom stereocenters. The van der Waals surface area contributed by atoms with Crippen LogP contribution in [0.4, 0.5) is 5.69 Å². The van der Waals surface area contributed by atoms with Crippen LogP contribution < -0.4 is 10.2 Å². The molecule has 18 heavy (non-hydrogen) atoms. The van der Waals surface area contributed by atoms with Gasteiger partial charge in [0.2, 0.25) is 5.91 Å². The lowest BCUT2D eigenvalue weighted by molar-refractivity contribution is -0.117. The monoisotopic (exact) mass is 243 g/mol. The van der Waals surface area contributed by atoms with E-state index in [0.717, 1.165) is 18.7 Å². The zero-order valence-corrected chi connectivity index (χ0v) is 9.85. The fourth-order valence-electron chi connectivity index (χ4n) is 1.94. The Kier molecular flexibility index (Phi) is 3.58. The molecule has 1 aliphatic heterocycles. The highest BCUT2D eigenvalue weighted by atomic mass is 16.2. The van der Waals surface area contributed by atoms with Gasteiger partial charge in [-0.05, 0) is 30.7 Å². The summed E-state index contributed by atoms with van der Waals surface area (Å²) in [4.78, 5) is 24.8. The third-order valence-electron chi connectivity index (χ3n) is 2.84. The summed E-state index contributed by atoms with van der Waals surface area (Å²) < 4.78 is 0. The van der Waals surface area contributed by atoms with Gasteiger partial charge < -0.3 is 10.2 Å². The minimum Gasteiger partial charge on any atom is -0.339 e. The van der Waals surface area contributed by atoms with Crippen molar-refractivity contribution < 1.29 is 9.59 Å². The maximum Gasteiger partial charge on any atom is 0.252 e. The molecular weight excluding hydrogens is 230 g/mol. The van der Waals surface area contributed by atoms with Gasteiger partial charge in [0.15, 0.2) is 0 Å². The van der Waals surface area contributed by atoms with Crippen molar-refractivity contribution in [1.29, 1.82) is 5.26 Å². The average molecular weight is 243 g/mol. The quantitative estimate of drug-likeness (QED) is 0.807. The molecule has 1 aliphatic rings. The van der Waals surface area contributed by atoms with Gasteiger partial charge in [0, 0.05) is 24.2 Å². The molecule has 0 unspecified atom stereocenters. The van der Waals surface area contributed by atoms with E-state index >= 15 is 0 Å². The van der Waals surface area contributed by atoms with Crippen molar-refractivity contribution in [3.8, 4) is 6.07 Å². The lowest BCUT2D eigenvalue weighted by Crippen LogP contribution is -2.25. The fourth-order valence-corrected chi connectivity index (χ4v) is 1.94. The van der Waals surface area contributed by atoms with Gasteiger partial charge >= 0.3 is 0 Å². The average Bonchev–Trinajstić information content (AvgIpc) is 2.82. The molecule has 0 radical (unpaired) electrons. The number of carbonyl (C=O) groups excluding carboxylic acids is 2. The Labute approximate surface area is 105 Å². The number of carbonyl (C=O) groups is 2. The molecule has 1 fully saturated rings. The first-order valence-corrected chi connectivity index (χ1v) is 5.78. The Balaban J connectivity index is 2.08. The van der Waals surface area contributed by atoms with Crippen LogP contribution in [0.15, 0.2) is 24.3 Å². The smallest absolute Gasteiger partial charge is 0.252 e. The topological polar surface area (TPSA) is 73.2 Å². The van der Waals surface area contributed by atoms with Crippen LogP contribution in [0.5, 0.6) is 0 Å². The van der Waals surface area contributed by atoms with Gasteiger partial charge in [0.25, 0.3) is 5.91 Å². The SMILES string of the molecule is N#CCNC(=O)c1ccc(N2CCCC2=O)cc1. The van der Waals surface area contributed by atoms with E-state index in [2.05, 4.69) is 5.32 Å². The second-order valence-corrected chi connectivity index (χ2v) is 4.04. The van der Waals surface area contributed by atoms with Crippen LogP contribution in [0.1, 0.15) is 23.2 Å². The summed E-state index contributed by atoms with van der Waals surface area (Å²) in [6.07, 6.45) is 1.47. The van der Waals surface area contributed by atoms with E-state index in [-0.39, 0.29) is 18.4 Å². The Hall–Kier alpha value is -2.35. The third kappa shape index (κ3) is 2.48. The summed E-state index contributed by atoms with van der Waals surface area (Å²) in [6, 6.07) is 8.68. The Morgan fingerprint density at radius 2 is 2.11 bits per heavy atom. The molecule has 0 aliphatic carbocycles. The van der Waals surface area contributed by atoms with Crippen LogP contribution in [-0.2, 0) is 4.79 Å². The van der Waals surface area contributed by atoms with Crippen LogP contribution in [0, 0.1) is 11.3 Å². The minimum atomic E-state index is -0.282. The molecule has 0 spiro atoms. The lowest BCUT2D eigenvalue weighted by Gasteiger charge is -2.15. The van der Waals surface area contributed by atoms with Crippen molar-refractivity contribution in [2.24, 2.45) is 0 Å². The number of anilines is 1. The molecule has 5 nitrogen and oxygen atoms in total. The van der Waals surface area contributed by atoms with Crippen molar-refractivity contribution in [2.75, 3.05) is 18.0 Å². The van der Waals surface area contributed by atoms with Crippen molar-refractivity contribution in [3.63, 3.8) is 0 Å². The molecule has 2 amide bonds. The van der Waals surface area contributed by atoms with E-state index in [1.165, 1.54) is 0 Å². The number of rotatable bonds is 3. The molecule has 0 saturated carbocycles. The number of nitriles is 1. The normalized spacial score (nSPS) is 14.4. The summed E-state index contributed by atoms with van der Waals surface area (Å²) in [5, 5.41) is 10.8. The van der Waals surface area contributed by atoms with Crippen LogP contribution in [0.25, 0.3) is 0 Å². The van der Waals surface area contributed by atoms with Crippen molar-refractivity contribution in [3.05, 3.63) is 29.8 Å². The standard InChI is InChI=1S/C13H13N3O2/c14-7-8-15-13(18)10-3-5-11(6-4-10)16-9-1-2-12(16)17/h3-6H,1-2,8-9H2,(H,15,18). The number of nitrogens with zero attached hydrogens (tertiary/aromatic N) is 2. The van der Waals surface area contributed by atoms with Gasteiger partial charge in [0.05, 0.1) is 6.07 Å². The van der Waals surface area contributed by atoms with Gasteiger partial charge in [-0.3, -0.25) is 9.59 Å². The van der Waals surface area contributed by atoms with E-state index in [1.807, 2.05) is 6.07 Å². The highest BCUT2D eigenvalue weighted by molar-refractivity contribution is 5.97. The molecule has 1 N–H and O–H groups in total. The minimum absolute atomic E-state index is 0.00873. The van der Waals surface area contributed by atoms with E-state index in [9.17, 15) is 9.59 Å². The Bertz CT molecular complexity index is 502. The molecule has 5 heteroatoms. The van der Waals surface area contributed by atoms with Gasteiger partial charge in [0.1, 0.15) is 6.54 Å². The van der Waals surface area contributed by atoms with E-state index in [4.69, 9.17) is 5.26 Å². The van der Waals surface area contributed by atoms with Crippen LogP contribution in [0.3, 0.4) is 0 Å². The van der Waals surface area contributed by atoms with Gasteiger partial charge in [-0.1, -0.05) is 0 Å². The highest BCUT2D eigenvalue weighted by Crippen LogP contribution is 2.21. The van der Waals surface area contributed by atoms with Gasteiger partial charge in [-0.2, -0.15) is 5.26 Å². The number of amides is 2. The number of hydrogen-bond acceptors (Lipinski definition) is 3. The molecule has 1 aromatic rings. The maximum atomic E-state index is 11.6. The van der Waals surface area contributed by atoms with E-state index in [0.29, 0.717) is 12.0 Å². The molecule has 1 heterocycles. The summed E-state index contributed by atoms with van der Waals surface area (Å²) >= 11 is 0. The summed E-state index contributed by atoms with van der Waals surface area (Å²) in [6.45, 7) is 0.726. The number of hydrogen-bond donors (Lipinski definition) is 1. The van der Waals surface area contributed by atoms with Crippen molar-refractivity contribution >= 4 is 17.5 Å². The van der Waals surface area contributed by atoms with Crippen molar-refractivity contribution in [2.45, 2.75) is 12.8 Å². The van der Waals surface area contributed by atoms with Crippen molar-refractivity contribution in [1.82, 2.24) is 5.32 Å². The zero-order valence-electron chi connectivity index (χ0n) is 9.85. The maximum absolute atomic E-state index is 11.6. The Morgan fingerprint density at radius 1 is 1.39 bits per heavy atom. The molecule has 2 rings (SSSR count). The summed E-state index contributed by atoms with van der Waals surface area (Å²) in [7, 11) is 0. The molecule has 1 saturated heterocycles. The predicted molar refractivity (Wildman–Crippen MR) is 66.0 cm³/mol. The predicted octanol–water partition coefficient (Wildman–Crippen LogP) is 1.07. The Morgan fingerprint density at radius 3 is 2.67 bits per heavy atom. The fraction of sp³-hybridized carbons (Fsp3) is 0.308. The molecule has 0 bridgehead atoms. The largest absolute Gasteiger partial charge is 0.339 e. The van der Waals surface area contributed by atoms with Crippen LogP contribution in [0.2, 0.25) is 0 Å². The second-order valence-electron chi connectivity index (χ2n) is 4.04. The first-order chi connectivity index (χ1) is 8.72. The number of benzene rings is 1. The molecule has 0 aromatic heterocycles.